The molecule has 12 nitrogen and oxygen atoms in total. The molecule has 0 spiro atoms. The molecule has 0 saturated carbocycles. The number of hydrogen-bond acceptors (Lipinski definition) is 10. The number of amidine groups is 1. The van der Waals surface area contributed by atoms with E-state index in [1.807, 2.05) is 0 Å². The maximum Gasteiger partial charge on any atom is 1.00 e. The van der Waals surface area contributed by atoms with Crippen molar-refractivity contribution < 1.29 is 60.5 Å². The Bertz CT molecular complexity index is 2440. The minimum Gasteiger partial charge on any atom is -0.744 e. The molecule has 46 heavy (non-hydrogen) atoms. The summed E-state index contributed by atoms with van der Waals surface area (Å²) in [6.07, 6.45) is 0. The molecule has 2 heterocycles. The monoisotopic (exact) mass is 664 g/mol. The third kappa shape index (κ3) is 5.12. The van der Waals surface area contributed by atoms with Crippen LogP contribution < -0.4 is 50.5 Å². The van der Waals surface area contributed by atoms with Crippen LogP contribution in [0.25, 0.3) is 22.0 Å². The SMILES string of the molecule is Cn1c(=O)c(C2=NS(=O)(=O)c3ccccc3N2)c2c3c(c(NCOc4cccc(S(=O)(=O)[O-])c4)ccc31)C(=O)c1ccccc1-2.[Na+]. The number of nitrogens with zero attached hydrogens (tertiary/aromatic N) is 2. The van der Waals surface area contributed by atoms with Crippen molar-refractivity contribution in [1.29, 1.82) is 0 Å². The van der Waals surface area contributed by atoms with Gasteiger partial charge in [0.05, 0.1) is 27.2 Å². The van der Waals surface area contributed by atoms with Gasteiger partial charge in [-0.05, 0) is 48.0 Å². The molecular weight excluding hydrogens is 643 g/mol. The second-order valence-electron chi connectivity index (χ2n) is 10.3. The molecule has 1 aliphatic heterocycles. The first-order valence-electron chi connectivity index (χ1n) is 13.4. The fourth-order valence-corrected chi connectivity index (χ4v) is 7.31. The molecule has 0 fully saturated rings. The summed E-state index contributed by atoms with van der Waals surface area (Å²) in [7, 11) is -7.33. The number of aromatic nitrogens is 1. The molecule has 0 radical (unpaired) electrons. The van der Waals surface area contributed by atoms with Crippen LogP contribution in [0.1, 0.15) is 21.5 Å². The Balaban J connectivity index is 0.00000372. The summed E-state index contributed by atoms with van der Waals surface area (Å²) in [5.41, 5.74) is 1.79. The van der Waals surface area contributed by atoms with Crippen LogP contribution in [0.5, 0.6) is 5.75 Å². The van der Waals surface area contributed by atoms with Crippen molar-refractivity contribution in [3.63, 3.8) is 0 Å². The van der Waals surface area contributed by atoms with E-state index in [2.05, 4.69) is 15.0 Å². The van der Waals surface area contributed by atoms with Crippen LogP contribution in [0.3, 0.4) is 0 Å². The van der Waals surface area contributed by atoms with Gasteiger partial charge in [-0.25, -0.2) is 8.42 Å². The van der Waals surface area contributed by atoms with Crippen molar-refractivity contribution in [2.45, 2.75) is 9.79 Å². The number of carbonyl (C=O) groups is 1. The van der Waals surface area contributed by atoms with Gasteiger partial charge in [-0.15, -0.1) is 4.40 Å². The van der Waals surface area contributed by atoms with Crippen molar-refractivity contribution in [3.8, 4) is 16.9 Å². The van der Waals surface area contributed by atoms with Gasteiger partial charge in [-0.3, -0.25) is 9.59 Å². The number of pyridine rings is 1. The Morgan fingerprint density at radius 3 is 2.39 bits per heavy atom. The van der Waals surface area contributed by atoms with Gasteiger partial charge >= 0.3 is 29.6 Å². The molecule has 0 saturated heterocycles. The molecule has 2 N–H and O–H groups in total. The van der Waals surface area contributed by atoms with Crippen LogP contribution in [0, 0.1) is 0 Å². The van der Waals surface area contributed by atoms with E-state index in [4.69, 9.17) is 4.74 Å². The van der Waals surface area contributed by atoms with Crippen LogP contribution in [0.4, 0.5) is 11.4 Å². The van der Waals surface area contributed by atoms with Gasteiger partial charge in [0.2, 0.25) is 0 Å². The van der Waals surface area contributed by atoms with Gasteiger partial charge in [-0.1, -0.05) is 42.5 Å². The molecule has 2 aliphatic rings. The average molecular weight is 665 g/mol. The summed E-state index contributed by atoms with van der Waals surface area (Å²) in [6.45, 7) is -0.215. The van der Waals surface area contributed by atoms with Crippen LogP contribution in [0.15, 0.2) is 104 Å². The fraction of sp³-hybridized carbons (Fsp3) is 0.0645. The van der Waals surface area contributed by atoms with Crippen molar-refractivity contribution in [2.75, 3.05) is 17.4 Å². The van der Waals surface area contributed by atoms with Crippen LogP contribution in [0.2, 0.25) is 0 Å². The maximum absolute atomic E-state index is 14.0. The fourth-order valence-electron chi connectivity index (χ4n) is 5.68. The number of benzene rings is 4. The number of ketones is 1. The topological polar surface area (TPSA) is 176 Å². The van der Waals surface area contributed by atoms with E-state index in [0.717, 1.165) is 12.1 Å². The van der Waals surface area contributed by atoms with Gasteiger partial charge in [0.15, 0.2) is 18.3 Å². The molecule has 0 unspecified atom stereocenters. The van der Waals surface area contributed by atoms with E-state index < -0.39 is 30.6 Å². The zero-order valence-corrected chi connectivity index (χ0v) is 27.9. The summed E-state index contributed by atoms with van der Waals surface area (Å²) in [5.74, 6) is -0.401. The Labute approximate surface area is 284 Å². The maximum atomic E-state index is 14.0. The number of rotatable bonds is 6. The molecule has 7 rings (SSSR count). The number of sulfonamides is 1. The van der Waals surface area contributed by atoms with Crippen LogP contribution in [-0.2, 0) is 27.2 Å². The molecule has 0 amide bonds. The largest absolute Gasteiger partial charge is 1.00 e. The van der Waals surface area contributed by atoms with Crippen molar-refractivity contribution in [2.24, 2.45) is 11.4 Å². The van der Waals surface area contributed by atoms with Gasteiger partial charge in [-0.2, -0.15) is 8.42 Å². The summed E-state index contributed by atoms with van der Waals surface area (Å²) in [4.78, 5) is 27.6. The van der Waals surface area contributed by atoms with E-state index in [1.165, 1.54) is 29.8 Å². The molecule has 5 aromatic rings. The van der Waals surface area contributed by atoms with Crippen molar-refractivity contribution >= 4 is 54.0 Å². The number of fused-ring (bicyclic) bond motifs is 3. The van der Waals surface area contributed by atoms with E-state index in [9.17, 15) is 31.0 Å². The first-order chi connectivity index (χ1) is 21.5. The second kappa shape index (κ2) is 11.5. The Kier molecular flexibility index (Phi) is 7.91. The molecule has 1 aliphatic carbocycles. The molecule has 0 bridgehead atoms. The Hall–Kier alpha value is -4.31. The number of aryl methyl sites for hydroxylation is 1. The van der Waals surface area contributed by atoms with Gasteiger partial charge in [0.1, 0.15) is 20.8 Å². The second-order valence-corrected chi connectivity index (χ2v) is 13.3. The van der Waals surface area contributed by atoms with Crippen molar-refractivity contribution in [3.05, 3.63) is 112 Å². The average Bonchev–Trinajstić information content (AvgIpc) is 3.01. The molecule has 1 aromatic heterocycles. The van der Waals surface area contributed by atoms with E-state index in [1.54, 1.807) is 54.6 Å². The number of anilines is 2. The summed E-state index contributed by atoms with van der Waals surface area (Å²) in [6, 6.07) is 21.3. The summed E-state index contributed by atoms with van der Waals surface area (Å²) in [5, 5.41) is 6.46. The van der Waals surface area contributed by atoms with Crippen LogP contribution in [-0.4, -0.2) is 44.3 Å². The van der Waals surface area contributed by atoms with Gasteiger partial charge in [0, 0.05) is 29.2 Å². The number of carbonyl (C=O) groups excluding carboxylic acids is 1. The minimum atomic E-state index is -4.69. The van der Waals surface area contributed by atoms with E-state index in [0.29, 0.717) is 33.3 Å². The quantitative estimate of drug-likeness (QED) is 0.146. The third-order valence-corrected chi connectivity index (χ3v) is 9.86. The third-order valence-electron chi connectivity index (χ3n) is 7.69. The molecular formula is C31H21N4NaO8S2. The predicted octanol–water partition coefficient (Wildman–Crippen LogP) is 0.667. The zero-order valence-electron chi connectivity index (χ0n) is 24.3. The van der Waals surface area contributed by atoms with Gasteiger partial charge in [0.25, 0.3) is 15.6 Å². The molecule has 4 aromatic carbocycles. The number of hydrogen-bond donors (Lipinski definition) is 2. The summed E-state index contributed by atoms with van der Waals surface area (Å²) >= 11 is 0. The Morgan fingerprint density at radius 2 is 1.63 bits per heavy atom. The molecule has 226 valence electrons. The first-order valence-corrected chi connectivity index (χ1v) is 16.3. The van der Waals surface area contributed by atoms with E-state index >= 15 is 0 Å². The van der Waals surface area contributed by atoms with Crippen molar-refractivity contribution in [1.82, 2.24) is 4.57 Å². The number of para-hydroxylation sites is 1. The first kappa shape index (κ1) is 31.7. The molecule has 15 heteroatoms. The predicted molar refractivity (Wildman–Crippen MR) is 165 cm³/mol. The smallest absolute Gasteiger partial charge is 0.744 e. The summed E-state index contributed by atoms with van der Waals surface area (Å²) < 4.78 is 71.6. The zero-order chi connectivity index (χ0) is 31.7. The molecule has 0 atom stereocenters. The van der Waals surface area contributed by atoms with Gasteiger partial charge < -0.3 is 24.5 Å². The minimum absolute atomic E-state index is 0. The van der Waals surface area contributed by atoms with Crippen LogP contribution >= 0.6 is 0 Å². The number of ether oxygens (including phenoxy) is 1. The normalized spacial score (nSPS) is 14.3. The standard InChI is InChI=1S/C31H22N4O8S2.Na/c1-35-23-14-13-22(32-16-43-17-7-6-8-18(15-17)45(40,41)42)26-27(23)25(19-9-2-3-10-20(19)29(26)36)28(31(35)37)30-33-21-11-4-5-12-24(21)44(38,39)34-30;/h2-15,32H,16H2,1H3,(H,33,34)(H,40,41,42);/q;+1/p-1. The Morgan fingerprint density at radius 1 is 0.913 bits per heavy atom. The van der Waals surface area contributed by atoms with E-state index in [-0.39, 0.29) is 75.4 Å². The number of nitrogens with one attached hydrogen (secondary N) is 2.